The third kappa shape index (κ3) is 6.86. The number of amides is 3. The number of fused-ring (bicyclic) bond motifs is 3. The van der Waals surface area contributed by atoms with E-state index in [0.29, 0.717) is 68.6 Å². The van der Waals surface area contributed by atoms with Crippen molar-refractivity contribution in [3.05, 3.63) is 69.2 Å². The number of hydrogen-bond donors (Lipinski definition) is 4. The Kier molecular flexibility index (Phi) is 9.80. The van der Waals surface area contributed by atoms with Gasteiger partial charge in [-0.3, -0.25) is 19.2 Å². The number of aromatic amines is 1. The number of likely N-dealkylation sites (tertiary alicyclic amines) is 2. The third-order valence-corrected chi connectivity index (χ3v) is 11.0. The van der Waals surface area contributed by atoms with Gasteiger partial charge in [-0.15, -0.1) is 0 Å². The lowest BCUT2D eigenvalue weighted by Gasteiger charge is -2.41. The van der Waals surface area contributed by atoms with Gasteiger partial charge in [0.1, 0.15) is 6.04 Å². The number of imidazole rings is 1. The van der Waals surface area contributed by atoms with E-state index in [9.17, 15) is 14.4 Å². The maximum atomic E-state index is 14.1. The molecular weight excluding hydrogens is 642 g/mol. The maximum absolute atomic E-state index is 14.1. The molecule has 0 aliphatic carbocycles. The van der Waals surface area contributed by atoms with Gasteiger partial charge >= 0.3 is 11.7 Å². The molecule has 0 saturated carbocycles. The zero-order valence-electron chi connectivity index (χ0n) is 28.1. The van der Waals surface area contributed by atoms with Crippen LogP contribution in [-0.4, -0.2) is 106 Å². The number of nitrogens with one attached hydrogen (secondary N) is 3. The summed E-state index contributed by atoms with van der Waals surface area (Å²) in [5.41, 5.74) is 10.8. The summed E-state index contributed by atoms with van der Waals surface area (Å²) in [5.74, 6) is -0.0712. The number of nitrogens with two attached hydrogens (primary N) is 1. The van der Waals surface area contributed by atoms with Gasteiger partial charge in [-0.25, -0.2) is 9.59 Å². The van der Waals surface area contributed by atoms with E-state index in [0.717, 1.165) is 72.1 Å². The fourth-order valence-electron chi connectivity index (χ4n) is 7.95. The summed E-state index contributed by atoms with van der Waals surface area (Å²) in [6.07, 6.45) is 5.85. The number of urea groups is 1. The highest BCUT2D eigenvalue weighted by Crippen LogP contribution is 2.29. The van der Waals surface area contributed by atoms with E-state index in [1.807, 2.05) is 48.2 Å². The standard InChI is InChI=1S/C36H46ClN9O3/c1-2-24-19-23(20-28(37)32(24)38)21-30(34(47)44-13-7-25(8-14-44)43-17-11-39-12-18-43)41-35(48)45-15-9-26(10-16-45)46-31-22-40-29-6-4-3-5-27(29)33(31)42-36(46)49/h3-6,19-20,22,25-26,30,39H,2,7-18,21,38H2,1H3,(H,41,48)(H,42,49)/t30-/m1/s1. The topological polar surface area (TPSA) is 145 Å². The molecule has 2 aromatic heterocycles. The Bertz CT molecular complexity index is 1890. The molecule has 4 aromatic rings. The van der Waals surface area contributed by atoms with Crippen LogP contribution in [0.2, 0.25) is 5.02 Å². The van der Waals surface area contributed by atoms with Crippen LogP contribution in [0, 0.1) is 0 Å². The Morgan fingerprint density at radius 1 is 1.00 bits per heavy atom. The first kappa shape index (κ1) is 33.4. The van der Waals surface area contributed by atoms with Crippen molar-refractivity contribution >= 4 is 51.2 Å². The Hall–Kier alpha value is -4.13. The van der Waals surface area contributed by atoms with Crippen LogP contribution in [0.1, 0.15) is 49.8 Å². The van der Waals surface area contributed by atoms with Crippen LogP contribution < -0.4 is 22.1 Å². The number of halogens is 1. The highest BCUT2D eigenvalue weighted by Gasteiger charge is 2.34. The van der Waals surface area contributed by atoms with Crippen LogP contribution in [0.25, 0.3) is 21.9 Å². The summed E-state index contributed by atoms with van der Waals surface area (Å²) in [6.45, 7) is 8.34. The van der Waals surface area contributed by atoms with Crippen molar-refractivity contribution in [2.45, 2.75) is 63.6 Å². The molecule has 5 heterocycles. The van der Waals surface area contributed by atoms with Gasteiger partial charge in [0.15, 0.2) is 0 Å². The van der Waals surface area contributed by atoms with Gasteiger partial charge in [0.2, 0.25) is 5.91 Å². The lowest BCUT2D eigenvalue weighted by atomic mass is 9.98. The Morgan fingerprint density at radius 3 is 2.43 bits per heavy atom. The third-order valence-electron chi connectivity index (χ3n) is 10.7. The average molecular weight is 688 g/mol. The number of rotatable bonds is 7. The number of pyridine rings is 1. The number of aryl methyl sites for hydroxylation is 1. The number of aromatic nitrogens is 3. The quantitative estimate of drug-likeness (QED) is 0.218. The average Bonchev–Trinajstić information content (AvgIpc) is 3.49. The Labute approximate surface area is 290 Å². The normalized spacial score (nSPS) is 19.1. The second-order valence-corrected chi connectivity index (χ2v) is 14.0. The zero-order chi connectivity index (χ0) is 34.1. The van der Waals surface area contributed by atoms with Crippen LogP contribution in [0.15, 0.2) is 47.4 Å². The molecule has 5 N–H and O–H groups in total. The largest absolute Gasteiger partial charge is 0.397 e. The Morgan fingerprint density at radius 2 is 1.69 bits per heavy atom. The molecule has 0 radical (unpaired) electrons. The van der Waals surface area contributed by atoms with E-state index in [-0.39, 0.29) is 23.7 Å². The number of nitrogen functional groups attached to an aromatic ring is 1. The molecule has 3 saturated heterocycles. The number of H-pyrrole nitrogens is 1. The summed E-state index contributed by atoms with van der Waals surface area (Å²) >= 11 is 6.50. The van der Waals surface area contributed by atoms with Crippen LogP contribution in [0.3, 0.4) is 0 Å². The molecule has 0 unspecified atom stereocenters. The van der Waals surface area contributed by atoms with E-state index in [2.05, 4.69) is 25.5 Å². The minimum absolute atomic E-state index is 0.0712. The molecule has 0 spiro atoms. The molecule has 2 aromatic carbocycles. The summed E-state index contributed by atoms with van der Waals surface area (Å²) < 4.78 is 1.79. The van der Waals surface area contributed by atoms with Gasteiger partial charge < -0.3 is 31.2 Å². The van der Waals surface area contributed by atoms with Crippen molar-refractivity contribution < 1.29 is 9.59 Å². The second kappa shape index (κ2) is 14.4. The molecular formula is C36H46ClN9O3. The number of benzene rings is 2. The molecule has 3 aliphatic rings. The molecule has 3 aliphatic heterocycles. The lowest BCUT2D eigenvalue weighted by molar-refractivity contribution is -0.134. The maximum Gasteiger partial charge on any atom is 0.326 e. The molecule has 13 heteroatoms. The van der Waals surface area contributed by atoms with Crippen molar-refractivity contribution in [1.82, 2.24) is 39.9 Å². The number of anilines is 1. The van der Waals surface area contributed by atoms with E-state index in [4.69, 9.17) is 17.3 Å². The summed E-state index contributed by atoms with van der Waals surface area (Å²) in [5, 5.41) is 7.89. The highest BCUT2D eigenvalue weighted by molar-refractivity contribution is 6.33. The predicted octanol–water partition coefficient (Wildman–Crippen LogP) is 3.53. The minimum Gasteiger partial charge on any atom is -0.397 e. The van der Waals surface area contributed by atoms with Crippen molar-refractivity contribution in [2.75, 3.05) is 58.1 Å². The zero-order valence-corrected chi connectivity index (χ0v) is 28.8. The molecule has 1 atom stereocenters. The monoisotopic (exact) mass is 687 g/mol. The summed E-state index contributed by atoms with van der Waals surface area (Å²) in [6, 6.07) is 10.9. The summed E-state index contributed by atoms with van der Waals surface area (Å²) in [7, 11) is 0. The molecule has 0 bridgehead atoms. The molecule has 260 valence electrons. The number of nitrogens with zero attached hydrogens (tertiary/aromatic N) is 5. The van der Waals surface area contributed by atoms with Gasteiger partial charge in [-0.05, 0) is 55.4 Å². The lowest BCUT2D eigenvalue weighted by Crippen LogP contribution is -2.57. The predicted molar refractivity (Wildman–Crippen MR) is 193 cm³/mol. The highest BCUT2D eigenvalue weighted by atomic mass is 35.5. The minimum atomic E-state index is -0.749. The number of para-hydroxylation sites is 1. The van der Waals surface area contributed by atoms with Gasteiger partial charge in [0, 0.05) is 76.2 Å². The van der Waals surface area contributed by atoms with E-state index < -0.39 is 6.04 Å². The smallest absolute Gasteiger partial charge is 0.326 e. The van der Waals surface area contributed by atoms with Crippen LogP contribution >= 0.6 is 11.6 Å². The molecule has 12 nitrogen and oxygen atoms in total. The molecule has 3 amide bonds. The number of hydrogen-bond acceptors (Lipinski definition) is 7. The van der Waals surface area contributed by atoms with Crippen molar-refractivity contribution in [1.29, 1.82) is 0 Å². The van der Waals surface area contributed by atoms with Crippen molar-refractivity contribution in [3.8, 4) is 0 Å². The van der Waals surface area contributed by atoms with Gasteiger partial charge in [0.05, 0.1) is 33.5 Å². The number of carbonyl (C=O) groups is 2. The SMILES string of the molecule is CCc1cc(C[C@@H](NC(=O)N2CCC(n3c(=O)[nH]c4c5ccccc5ncc43)CC2)C(=O)N2CCC(N3CCNCC3)CC2)cc(Cl)c1N. The molecule has 49 heavy (non-hydrogen) atoms. The fraction of sp³-hybridized carbons (Fsp3) is 0.500. The van der Waals surface area contributed by atoms with Crippen LogP contribution in [0.5, 0.6) is 0 Å². The van der Waals surface area contributed by atoms with Crippen molar-refractivity contribution in [3.63, 3.8) is 0 Å². The number of carbonyl (C=O) groups excluding carboxylic acids is 2. The fourth-order valence-corrected chi connectivity index (χ4v) is 8.22. The first-order valence-corrected chi connectivity index (χ1v) is 18.0. The Balaban J connectivity index is 1.05. The first-order chi connectivity index (χ1) is 23.8. The number of piperazine rings is 1. The van der Waals surface area contributed by atoms with Crippen LogP contribution in [0.4, 0.5) is 10.5 Å². The molecule has 7 rings (SSSR count). The first-order valence-electron chi connectivity index (χ1n) is 17.6. The second-order valence-electron chi connectivity index (χ2n) is 13.6. The van der Waals surface area contributed by atoms with E-state index in [1.54, 1.807) is 15.7 Å². The van der Waals surface area contributed by atoms with E-state index >= 15 is 0 Å². The van der Waals surface area contributed by atoms with Crippen LogP contribution in [-0.2, 0) is 17.6 Å². The van der Waals surface area contributed by atoms with Crippen molar-refractivity contribution in [2.24, 2.45) is 0 Å². The van der Waals surface area contributed by atoms with E-state index in [1.165, 1.54) is 0 Å². The van der Waals surface area contributed by atoms with Gasteiger partial charge in [-0.1, -0.05) is 42.8 Å². The van der Waals surface area contributed by atoms with Gasteiger partial charge in [0.25, 0.3) is 0 Å². The summed E-state index contributed by atoms with van der Waals surface area (Å²) in [4.78, 5) is 54.9. The molecule has 3 fully saturated rings. The van der Waals surface area contributed by atoms with Gasteiger partial charge in [-0.2, -0.15) is 0 Å². The number of piperidine rings is 2.